The molecule has 4 aromatic rings. The van der Waals surface area contributed by atoms with Crippen LogP contribution in [0.4, 0.5) is 10.3 Å². The summed E-state index contributed by atoms with van der Waals surface area (Å²) in [7, 11) is 0. The molecule has 2 aromatic heterocycles. The fourth-order valence-corrected chi connectivity index (χ4v) is 2.55. The Morgan fingerprint density at radius 1 is 1.19 bits per heavy atom. The van der Waals surface area contributed by atoms with E-state index < -0.39 is 0 Å². The molecule has 0 saturated heterocycles. The Balaban J connectivity index is 1.58. The third-order valence-corrected chi connectivity index (χ3v) is 3.82. The van der Waals surface area contributed by atoms with Crippen molar-refractivity contribution in [2.75, 3.05) is 5.43 Å². The Morgan fingerprint density at radius 2 is 2.00 bits per heavy atom. The van der Waals surface area contributed by atoms with E-state index in [9.17, 15) is 9.65 Å². The third kappa shape index (κ3) is 2.91. The Bertz CT molecular complexity index is 1130. The Hall–Kier alpha value is -3.92. The van der Waals surface area contributed by atoms with Crippen molar-refractivity contribution >= 4 is 23.0 Å². The molecule has 2 heterocycles. The van der Waals surface area contributed by atoms with E-state index >= 15 is 0 Å². The third-order valence-electron chi connectivity index (χ3n) is 3.82. The van der Waals surface area contributed by atoms with E-state index in [-0.39, 0.29) is 23.3 Å². The number of rotatable bonds is 4. The van der Waals surface area contributed by atoms with Gasteiger partial charge in [0.25, 0.3) is 5.88 Å². The number of para-hydroxylation sites is 1. The number of nitrogens with one attached hydrogen (secondary N) is 2. The van der Waals surface area contributed by atoms with Crippen molar-refractivity contribution in [3.63, 3.8) is 0 Å². The average Bonchev–Trinajstić information content (AvgIpc) is 3.27. The van der Waals surface area contributed by atoms with Crippen molar-refractivity contribution in [3.8, 4) is 17.5 Å². The first-order valence-corrected chi connectivity index (χ1v) is 7.76. The van der Waals surface area contributed by atoms with Gasteiger partial charge in [-0.3, -0.25) is 0 Å². The molecule has 0 amide bonds. The minimum atomic E-state index is -0.359. The minimum Gasteiger partial charge on any atom is -0.417 e. The minimum absolute atomic E-state index is 0.0698. The summed E-state index contributed by atoms with van der Waals surface area (Å²) < 4.78 is 18.6. The van der Waals surface area contributed by atoms with Crippen LogP contribution in [0.5, 0.6) is 0 Å². The number of oxazole rings is 1. The van der Waals surface area contributed by atoms with Crippen LogP contribution < -0.4 is 5.43 Å². The molecule has 0 aliphatic rings. The van der Waals surface area contributed by atoms with Gasteiger partial charge >= 0.3 is 0 Å². The number of benzene rings is 2. The monoisotopic (exact) mass is 345 g/mol. The van der Waals surface area contributed by atoms with Gasteiger partial charge in [0.05, 0.1) is 6.21 Å². The maximum Gasteiger partial charge on any atom is 0.252 e. The molecule has 0 atom stereocenters. The van der Waals surface area contributed by atoms with Crippen LogP contribution in [-0.4, -0.2) is 16.2 Å². The van der Waals surface area contributed by atoms with Crippen molar-refractivity contribution in [1.29, 1.82) is 5.26 Å². The topological polar surface area (TPSA) is 90.0 Å². The maximum atomic E-state index is 13.0. The number of nitrogens with zero attached hydrogens (tertiary/aromatic N) is 3. The number of hydrogen-bond donors (Lipinski definition) is 2. The Kier molecular flexibility index (Phi) is 3.92. The van der Waals surface area contributed by atoms with Gasteiger partial charge in [0.2, 0.25) is 11.6 Å². The van der Waals surface area contributed by atoms with Gasteiger partial charge < -0.3 is 9.40 Å². The van der Waals surface area contributed by atoms with E-state index in [4.69, 9.17) is 4.42 Å². The number of fused-ring (bicyclic) bond motifs is 1. The number of halogens is 1. The summed E-state index contributed by atoms with van der Waals surface area (Å²) in [6.07, 6.45) is 3.46. The molecule has 0 bridgehead atoms. The first-order chi connectivity index (χ1) is 12.7. The van der Waals surface area contributed by atoms with Crippen molar-refractivity contribution in [1.82, 2.24) is 9.97 Å². The van der Waals surface area contributed by atoms with Crippen LogP contribution in [0.1, 0.15) is 11.3 Å². The van der Waals surface area contributed by atoms with Crippen molar-refractivity contribution in [2.45, 2.75) is 0 Å². The molecule has 0 aliphatic heterocycles. The van der Waals surface area contributed by atoms with E-state index in [1.165, 1.54) is 24.3 Å². The zero-order valence-corrected chi connectivity index (χ0v) is 13.4. The molecule has 7 heteroatoms. The lowest BCUT2D eigenvalue weighted by molar-refractivity contribution is 0.586. The zero-order valence-electron chi connectivity index (χ0n) is 13.4. The normalized spacial score (nSPS) is 11.1. The zero-order chi connectivity index (χ0) is 17.9. The van der Waals surface area contributed by atoms with E-state index in [2.05, 4.69) is 20.5 Å². The predicted octanol–water partition coefficient (Wildman–Crippen LogP) is 4.28. The largest absolute Gasteiger partial charge is 0.417 e. The van der Waals surface area contributed by atoms with Gasteiger partial charge in [0, 0.05) is 28.2 Å². The second-order valence-corrected chi connectivity index (χ2v) is 5.48. The summed E-state index contributed by atoms with van der Waals surface area (Å²) in [6.45, 7) is 0. The van der Waals surface area contributed by atoms with Gasteiger partial charge in [-0.1, -0.05) is 18.2 Å². The highest BCUT2D eigenvalue weighted by atomic mass is 19.1. The van der Waals surface area contributed by atoms with Crippen LogP contribution in [0, 0.1) is 17.1 Å². The molecular weight excluding hydrogens is 333 g/mol. The summed E-state index contributed by atoms with van der Waals surface area (Å²) in [6, 6.07) is 15.5. The fraction of sp³-hybridized carbons (Fsp3) is 0. The first-order valence-electron chi connectivity index (χ1n) is 7.76. The van der Waals surface area contributed by atoms with Crippen LogP contribution in [0.25, 0.3) is 22.4 Å². The average molecular weight is 345 g/mol. The summed E-state index contributed by atoms with van der Waals surface area (Å²) in [5, 5.41) is 14.4. The number of aromatic nitrogens is 2. The molecule has 0 saturated carbocycles. The van der Waals surface area contributed by atoms with Crippen LogP contribution in [0.15, 0.2) is 64.2 Å². The molecule has 0 unspecified atom stereocenters. The van der Waals surface area contributed by atoms with E-state index in [0.717, 1.165) is 16.5 Å². The molecule has 2 N–H and O–H groups in total. The lowest BCUT2D eigenvalue weighted by atomic mass is 10.2. The second kappa shape index (κ2) is 6.53. The van der Waals surface area contributed by atoms with Gasteiger partial charge in [0.1, 0.15) is 11.9 Å². The maximum absolute atomic E-state index is 13.0. The second-order valence-electron chi connectivity index (χ2n) is 5.48. The smallest absolute Gasteiger partial charge is 0.252 e. The fourth-order valence-electron chi connectivity index (χ4n) is 2.55. The highest BCUT2D eigenvalue weighted by Gasteiger charge is 2.14. The SMILES string of the molecule is N#Cc1nc(-c2ccc(F)cc2)oc1N/N=C/c1c[nH]c2ccccc12. The van der Waals surface area contributed by atoms with Gasteiger partial charge in [-0.15, -0.1) is 0 Å². The Morgan fingerprint density at radius 3 is 2.81 bits per heavy atom. The molecule has 2 aromatic carbocycles. The molecular formula is C19H12FN5O. The standard InChI is InChI=1S/C19H12FN5O/c20-14-7-5-12(6-8-14)18-24-17(9-21)19(26-18)25-23-11-13-10-22-16-4-2-1-3-15(13)16/h1-8,10-11,22,25H/b23-11+. The lowest BCUT2D eigenvalue weighted by Crippen LogP contribution is -1.91. The molecule has 0 spiro atoms. The van der Waals surface area contributed by atoms with Crippen LogP contribution >= 0.6 is 0 Å². The van der Waals surface area contributed by atoms with E-state index in [1.54, 1.807) is 6.21 Å². The highest BCUT2D eigenvalue weighted by Crippen LogP contribution is 2.25. The number of anilines is 1. The van der Waals surface area contributed by atoms with Crippen molar-refractivity contribution in [3.05, 3.63) is 71.8 Å². The highest BCUT2D eigenvalue weighted by molar-refractivity contribution is 5.99. The number of hydrogen-bond acceptors (Lipinski definition) is 5. The number of hydrazone groups is 1. The van der Waals surface area contributed by atoms with E-state index in [0.29, 0.717) is 5.56 Å². The van der Waals surface area contributed by atoms with Gasteiger partial charge in [-0.25, -0.2) is 9.82 Å². The van der Waals surface area contributed by atoms with Gasteiger partial charge in [-0.2, -0.15) is 15.3 Å². The molecule has 0 radical (unpaired) electrons. The van der Waals surface area contributed by atoms with Crippen LogP contribution in [0.3, 0.4) is 0 Å². The first kappa shape index (κ1) is 15.6. The summed E-state index contributed by atoms with van der Waals surface area (Å²) in [5.74, 6) is -0.0169. The summed E-state index contributed by atoms with van der Waals surface area (Å²) in [5.41, 5.74) is 5.23. The lowest BCUT2D eigenvalue weighted by Gasteiger charge is -1.96. The molecule has 4 rings (SSSR count). The quantitative estimate of drug-likeness (QED) is 0.427. The number of aromatic amines is 1. The van der Waals surface area contributed by atoms with Gasteiger partial charge in [0.15, 0.2) is 0 Å². The summed E-state index contributed by atoms with van der Waals surface area (Å²) >= 11 is 0. The summed E-state index contributed by atoms with van der Waals surface area (Å²) in [4.78, 5) is 7.25. The molecule has 0 aliphatic carbocycles. The van der Waals surface area contributed by atoms with Crippen molar-refractivity contribution < 1.29 is 8.81 Å². The van der Waals surface area contributed by atoms with Crippen molar-refractivity contribution in [2.24, 2.45) is 5.10 Å². The van der Waals surface area contributed by atoms with Crippen LogP contribution in [-0.2, 0) is 0 Å². The molecule has 26 heavy (non-hydrogen) atoms. The van der Waals surface area contributed by atoms with Crippen LogP contribution in [0.2, 0.25) is 0 Å². The van der Waals surface area contributed by atoms with E-state index in [1.807, 2.05) is 36.5 Å². The predicted molar refractivity (Wildman–Crippen MR) is 96.1 cm³/mol. The molecule has 0 fully saturated rings. The number of nitriles is 1. The number of H-pyrrole nitrogens is 1. The van der Waals surface area contributed by atoms with Gasteiger partial charge in [-0.05, 0) is 30.3 Å². The molecule has 126 valence electrons. The molecule has 6 nitrogen and oxygen atoms in total. The Labute approximate surface area is 147 Å².